The lowest BCUT2D eigenvalue weighted by Gasteiger charge is -2.37. The number of hydrogen-bond acceptors (Lipinski definition) is 8. The zero-order valence-electron chi connectivity index (χ0n) is 19.2. The van der Waals surface area contributed by atoms with Crippen LogP contribution in [-0.4, -0.2) is 61.8 Å². The van der Waals surface area contributed by atoms with Crippen molar-refractivity contribution in [3.63, 3.8) is 0 Å². The number of aromatic nitrogens is 3. The van der Waals surface area contributed by atoms with E-state index >= 15 is 0 Å². The first-order chi connectivity index (χ1) is 15.2. The van der Waals surface area contributed by atoms with Crippen molar-refractivity contribution in [1.82, 2.24) is 19.2 Å². The van der Waals surface area contributed by atoms with E-state index in [-0.39, 0.29) is 31.7 Å². The summed E-state index contributed by atoms with van der Waals surface area (Å²) in [6.07, 6.45) is 0.647. The van der Waals surface area contributed by atoms with Gasteiger partial charge < -0.3 is 23.9 Å². The topological polar surface area (TPSA) is 126 Å². The molecule has 3 rings (SSSR count). The van der Waals surface area contributed by atoms with Gasteiger partial charge in [0, 0.05) is 35.8 Å². The molecule has 4 atom stereocenters. The highest BCUT2D eigenvalue weighted by Gasteiger charge is 2.41. The van der Waals surface area contributed by atoms with E-state index in [1.807, 2.05) is 13.0 Å². The molecular weight excluding hydrogens is 433 g/mol. The zero-order valence-corrected chi connectivity index (χ0v) is 20.1. The summed E-state index contributed by atoms with van der Waals surface area (Å²) in [4.78, 5) is 19.8. The molecule has 0 aromatic carbocycles. The Hall–Kier alpha value is -1.86. The van der Waals surface area contributed by atoms with Crippen molar-refractivity contribution in [3.05, 3.63) is 28.4 Å². The number of rotatable bonds is 10. The number of aliphatic hydroxyl groups is 1. The Morgan fingerprint density at radius 1 is 1.44 bits per heavy atom. The number of nitrogens with one attached hydrogen (secondary N) is 1. The summed E-state index contributed by atoms with van der Waals surface area (Å²) in [6.45, 7) is 10.1. The van der Waals surface area contributed by atoms with Gasteiger partial charge in [0.05, 0.1) is 31.8 Å². The number of aryl methyl sites for hydroxylation is 1. The predicted octanol–water partition coefficient (Wildman–Crippen LogP) is 2.97. The summed E-state index contributed by atoms with van der Waals surface area (Å²) >= 11 is 0. The highest BCUT2D eigenvalue weighted by atomic mass is 31.2. The third kappa shape index (κ3) is 5.54. The molecule has 32 heavy (non-hydrogen) atoms. The van der Waals surface area contributed by atoms with Gasteiger partial charge in [-0.1, -0.05) is 0 Å². The normalized spacial score (nSPS) is 22.3. The molecular formula is C21H32N5O5P. The van der Waals surface area contributed by atoms with Gasteiger partial charge in [-0.05, 0) is 40.7 Å². The van der Waals surface area contributed by atoms with Crippen molar-refractivity contribution in [2.75, 3.05) is 13.2 Å². The summed E-state index contributed by atoms with van der Waals surface area (Å²) in [5, 5.41) is 19.6. The van der Waals surface area contributed by atoms with Gasteiger partial charge in [0.25, 0.3) is 8.53 Å². The quantitative estimate of drug-likeness (QED) is 0.405. The van der Waals surface area contributed by atoms with E-state index < -0.39 is 32.7 Å². The number of fused-ring (bicyclic) bond motifs is 1. The molecule has 1 fully saturated rings. The van der Waals surface area contributed by atoms with Crippen molar-refractivity contribution in [2.45, 2.75) is 78.0 Å². The molecule has 1 aliphatic rings. The molecule has 1 aliphatic heterocycles. The predicted molar refractivity (Wildman–Crippen MR) is 121 cm³/mol. The molecule has 176 valence electrons. The third-order valence-electron chi connectivity index (χ3n) is 5.23. The lowest BCUT2D eigenvalue weighted by molar-refractivity contribution is -0.0437. The molecule has 2 N–H and O–H groups in total. The first-order valence-corrected chi connectivity index (χ1v) is 12.0. The molecule has 0 bridgehead atoms. The van der Waals surface area contributed by atoms with Crippen LogP contribution >= 0.6 is 8.53 Å². The van der Waals surface area contributed by atoms with Crippen molar-refractivity contribution in [3.8, 4) is 6.07 Å². The smallest absolute Gasteiger partial charge is 0.351 e. The highest BCUT2D eigenvalue weighted by Crippen LogP contribution is 2.49. The Balaban J connectivity index is 1.82. The maximum atomic E-state index is 12.6. The summed E-state index contributed by atoms with van der Waals surface area (Å²) in [7, 11) is -1.50. The van der Waals surface area contributed by atoms with Crippen LogP contribution < -0.4 is 5.69 Å². The number of nitrogens with zero attached hydrogens (tertiary/aromatic N) is 4. The van der Waals surface area contributed by atoms with Crippen LogP contribution in [0.25, 0.3) is 11.0 Å². The number of H-pyrrole nitrogens is 1. The average molecular weight is 465 g/mol. The van der Waals surface area contributed by atoms with Crippen molar-refractivity contribution >= 4 is 19.6 Å². The highest BCUT2D eigenvalue weighted by molar-refractivity contribution is 7.44. The van der Waals surface area contributed by atoms with Crippen molar-refractivity contribution < 1.29 is 18.9 Å². The number of nitriles is 1. The molecule has 0 aliphatic carbocycles. The lowest BCUT2D eigenvalue weighted by atomic mass is 10.2. The standard InChI is InChI=1S/C21H32N5O5P/c1-13(2)26(14(3)4)32(29-8-6-7-22)31-17-10-19(30-18(17)12-27)25-11-16-9-15(5)23-20(16)24-21(25)28/h9,11,13-14,17-19,27H,6,8,10,12H2,1-5H3,(H,23,24,28). The SMILES string of the molecule is Cc1cc2cn(C3CC(OP(OCCC#N)N(C(C)C)C(C)C)C(CO)O3)c(=O)nc2[nH]1. The van der Waals surface area contributed by atoms with E-state index in [0.29, 0.717) is 12.1 Å². The van der Waals surface area contributed by atoms with Crippen LogP contribution in [0.5, 0.6) is 0 Å². The number of hydrogen-bond donors (Lipinski definition) is 2. The number of aliphatic hydroxyl groups excluding tert-OH is 1. The van der Waals surface area contributed by atoms with Gasteiger partial charge in [0.1, 0.15) is 18.0 Å². The second kappa shape index (κ2) is 10.8. The van der Waals surface area contributed by atoms with E-state index in [1.54, 1.807) is 6.20 Å². The van der Waals surface area contributed by atoms with Crippen LogP contribution in [0, 0.1) is 18.3 Å². The Bertz CT molecular complexity index is 993. The average Bonchev–Trinajstić information content (AvgIpc) is 3.28. The number of ether oxygens (including phenoxy) is 1. The molecule has 0 radical (unpaired) electrons. The molecule has 2 aromatic heterocycles. The summed E-state index contributed by atoms with van der Waals surface area (Å²) in [6, 6.07) is 4.30. The first kappa shape index (κ1) is 24.8. The van der Waals surface area contributed by atoms with Gasteiger partial charge in [-0.2, -0.15) is 10.2 Å². The van der Waals surface area contributed by atoms with Gasteiger partial charge in [-0.15, -0.1) is 0 Å². The van der Waals surface area contributed by atoms with Gasteiger partial charge >= 0.3 is 5.69 Å². The lowest BCUT2D eigenvalue weighted by Crippen LogP contribution is -2.36. The maximum absolute atomic E-state index is 12.6. The second-order valence-electron chi connectivity index (χ2n) is 8.43. The first-order valence-electron chi connectivity index (χ1n) is 10.8. The van der Waals surface area contributed by atoms with Crippen LogP contribution in [-0.2, 0) is 13.8 Å². The maximum Gasteiger partial charge on any atom is 0.351 e. The van der Waals surface area contributed by atoms with E-state index in [1.165, 1.54) is 4.57 Å². The molecule has 1 saturated heterocycles. The fourth-order valence-corrected chi connectivity index (χ4v) is 5.67. The van der Waals surface area contributed by atoms with E-state index in [4.69, 9.17) is 19.0 Å². The van der Waals surface area contributed by atoms with E-state index in [2.05, 4.69) is 48.4 Å². The summed E-state index contributed by atoms with van der Waals surface area (Å²) in [5.41, 5.74) is 1.02. The Kier molecular flexibility index (Phi) is 8.39. The molecule has 4 unspecified atom stereocenters. The minimum absolute atomic E-state index is 0.153. The molecule has 3 heterocycles. The fourth-order valence-electron chi connectivity index (χ4n) is 3.91. The minimum Gasteiger partial charge on any atom is -0.394 e. The molecule has 2 aromatic rings. The molecule has 0 saturated carbocycles. The van der Waals surface area contributed by atoms with Gasteiger partial charge in [0.2, 0.25) is 0 Å². The molecule has 11 heteroatoms. The summed E-state index contributed by atoms with van der Waals surface area (Å²) in [5.74, 6) is 0. The van der Waals surface area contributed by atoms with Crippen LogP contribution in [0.4, 0.5) is 0 Å². The van der Waals surface area contributed by atoms with Crippen LogP contribution in [0.1, 0.15) is 52.5 Å². The van der Waals surface area contributed by atoms with Crippen LogP contribution in [0.3, 0.4) is 0 Å². The van der Waals surface area contributed by atoms with E-state index in [0.717, 1.165) is 11.1 Å². The summed E-state index contributed by atoms with van der Waals surface area (Å²) < 4.78 is 21.9. The second-order valence-corrected chi connectivity index (χ2v) is 9.83. The minimum atomic E-state index is -1.50. The van der Waals surface area contributed by atoms with Gasteiger partial charge in [-0.3, -0.25) is 4.57 Å². The Morgan fingerprint density at radius 3 is 2.78 bits per heavy atom. The largest absolute Gasteiger partial charge is 0.394 e. The van der Waals surface area contributed by atoms with Crippen molar-refractivity contribution in [1.29, 1.82) is 5.26 Å². The van der Waals surface area contributed by atoms with Crippen LogP contribution in [0.15, 0.2) is 17.1 Å². The van der Waals surface area contributed by atoms with Crippen LogP contribution in [0.2, 0.25) is 0 Å². The van der Waals surface area contributed by atoms with E-state index in [9.17, 15) is 9.90 Å². The van der Waals surface area contributed by atoms with Gasteiger partial charge in [0.15, 0.2) is 0 Å². The van der Waals surface area contributed by atoms with Crippen molar-refractivity contribution in [2.24, 2.45) is 0 Å². The Labute approximate surface area is 189 Å². The molecule has 0 spiro atoms. The zero-order chi connectivity index (χ0) is 23.4. The Morgan fingerprint density at radius 2 is 2.16 bits per heavy atom. The third-order valence-corrected chi connectivity index (χ3v) is 7.38. The van der Waals surface area contributed by atoms with Gasteiger partial charge in [-0.25, -0.2) is 9.46 Å². The molecule has 0 amide bonds. The molecule has 10 nitrogen and oxygen atoms in total. The monoisotopic (exact) mass is 465 g/mol. The number of aromatic amines is 1. The fraction of sp³-hybridized carbons (Fsp3) is 0.667.